The number of rotatable bonds is 11. The molecule has 4 amide bonds. The fourth-order valence-corrected chi connectivity index (χ4v) is 2.29. The largest absolute Gasteiger partial charge is 0.481 e. The van der Waals surface area contributed by atoms with E-state index in [9.17, 15) is 29.1 Å². The van der Waals surface area contributed by atoms with Crippen molar-refractivity contribution in [2.75, 3.05) is 0 Å². The van der Waals surface area contributed by atoms with Crippen LogP contribution in [0.5, 0.6) is 0 Å². The number of aliphatic hydroxyl groups excluding tert-OH is 1. The SMILES string of the molecule is CC(=O)N[C@@H](CC(C)C)C(=O)N[C@@H](CC(=O)O)C(=O)N[C@H](C(N)=O)[C@@H](C)O. The molecule has 154 valence electrons. The topological polar surface area (TPSA) is 188 Å². The third kappa shape index (κ3) is 9.54. The average Bonchev–Trinajstić information content (AvgIpc) is 2.48. The van der Waals surface area contributed by atoms with Crippen molar-refractivity contribution in [3.8, 4) is 0 Å². The number of amides is 4. The number of primary amides is 1. The lowest BCUT2D eigenvalue weighted by atomic mass is 10.0. The molecule has 0 bridgehead atoms. The third-order valence-corrected chi connectivity index (χ3v) is 3.50. The van der Waals surface area contributed by atoms with Crippen LogP contribution in [0.15, 0.2) is 0 Å². The number of hydrogen-bond acceptors (Lipinski definition) is 6. The number of hydrogen-bond donors (Lipinski definition) is 6. The first-order valence-electron chi connectivity index (χ1n) is 8.42. The Morgan fingerprint density at radius 1 is 0.926 bits per heavy atom. The predicted molar refractivity (Wildman–Crippen MR) is 94.0 cm³/mol. The maximum atomic E-state index is 12.4. The molecule has 0 heterocycles. The molecule has 0 aliphatic carbocycles. The molecule has 0 radical (unpaired) electrons. The molecule has 11 nitrogen and oxygen atoms in total. The highest BCUT2D eigenvalue weighted by molar-refractivity contribution is 5.95. The van der Waals surface area contributed by atoms with Crippen LogP contribution in [0.1, 0.15) is 40.5 Å². The Morgan fingerprint density at radius 2 is 1.44 bits per heavy atom. The Morgan fingerprint density at radius 3 is 1.81 bits per heavy atom. The number of carboxylic acid groups (broad SMARTS) is 1. The van der Waals surface area contributed by atoms with Gasteiger partial charge < -0.3 is 31.9 Å². The molecule has 0 saturated carbocycles. The number of aliphatic carboxylic acids is 1. The van der Waals surface area contributed by atoms with Gasteiger partial charge in [0.15, 0.2) is 0 Å². The molecule has 0 rings (SSSR count). The minimum atomic E-state index is -1.53. The highest BCUT2D eigenvalue weighted by Gasteiger charge is 2.31. The molecule has 0 spiro atoms. The van der Waals surface area contributed by atoms with E-state index in [1.165, 1.54) is 13.8 Å². The van der Waals surface area contributed by atoms with Gasteiger partial charge in [0.05, 0.1) is 12.5 Å². The van der Waals surface area contributed by atoms with Crippen molar-refractivity contribution in [2.45, 2.75) is 64.8 Å². The Labute approximate surface area is 157 Å². The van der Waals surface area contributed by atoms with E-state index < -0.39 is 60.2 Å². The maximum Gasteiger partial charge on any atom is 0.305 e. The summed E-state index contributed by atoms with van der Waals surface area (Å²) in [5.74, 6) is -4.56. The molecule has 0 aromatic heterocycles. The summed E-state index contributed by atoms with van der Waals surface area (Å²) in [5.41, 5.74) is 5.08. The molecule has 11 heteroatoms. The fourth-order valence-electron chi connectivity index (χ4n) is 2.29. The van der Waals surface area contributed by atoms with E-state index in [1.54, 1.807) is 0 Å². The Hall–Kier alpha value is -2.69. The molecule has 0 aliphatic heterocycles. The molecule has 7 N–H and O–H groups in total. The van der Waals surface area contributed by atoms with Gasteiger partial charge in [-0.3, -0.25) is 24.0 Å². The van der Waals surface area contributed by atoms with Gasteiger partial charge in [-0.25, -0.2) is 0 Å². The van der Waals surface area contributed by atoms with Crippen LogP contribution in [0, 0.1) is 5.92 Å². The van der Waals surface area contributed by atoms with E-state index in [2.05, 4.69) is 16.0 Å². The zero-order valence-electron chi connectivity index (χ0n) is 15.8. The van der Waals surface area contributed by atoms with Crippen LogP contribution in [0.2, 0.25) is 0 Å². The standard InChI is InChI=1S/C16H28N4O7/c1-7(2)5-10(18-9(4)22)15(26)19-11(6-12(23)24)16(27)20-13(8(3)21)14(17)25/h7-8,10-11,13,21H,5-6H2,1-4H3,(H2,17,25)(H,18,22)(H,19,26)(H,20,27)(H,23,24)/t8-,10+,11+,13+/m1/s1. The number of aliphatic hydroxyl groups is 1. The molecular weight excluding hydrogens is 360 g/mol. The van der Waals surface area contributed by atoms with Crippen LogP contribution in [-0.4, -0.2) is 64.0 Å². The van der Waals surface area contributed by atoms with E-state index in [0.29, 0.717) is 0 Å². The van der Waals surface area contributed by atoms with E-state index in [-0.39, 0.29) is 12.3 Å². The highest BCUT2D eigenvalue weighted by Crippen LogP contribution is 2.06. The van der Waals surface area contributed by atoms with Crippen LogP contribution in [0.4, 0.5) is 0 Å². The summed E-state index contributed by atoms with van der Waals surface area (Å²) in [5, 5.41) is 25.3. The smallest absolute Gasteiger partial charge is 0.305 e. The van der Waals surface area contributed by atoms with Gasteiger partial charge in [0, 0.05) is 6.92 Å². The summed E-state index contributed by atoms with van der Waals surface area (Å²) in [7, 11) is 0. The molecule has 0 aromatic rings. The second kappa shape index (κ2) is 11.1. The minimum Gasteiger partial charge on any atom is -0.481 e. The Balaban J connectivity index is 5.34. The van der Waals surface area contributed by atoms with E-state index in [1.807, 2.05) is 13.8 Å². The molecule has 0 unspecified atom stereocenters. The first-order valence-corrected chi connectivity index (χ1v) is 8.42. The lowest BCUT2D eigenvalue weighted by Gasteiger charge is -2.25. The maximum absolute atomic E-state index is 12.4. The van der Waals surface area contributed by atoms with E-state index in [0.717, 1.165) is 0 Å². The molecule has 0 saturated heterocycles. The lowest BCUT2D eigenvalue weighted by molar-refractivity contribution is -0.141. The summed E-state index contributed by atoms with van der Waals surface area (Å²) in [6, 6.07) is -3.94. The highest BCUT2D eigenvalue weighted by atomic mass is 16.4. The van der Waals surface area contributed by atoms with Crippen LogP contribution in [0.25, 0.3) is 0 Å². The van der Waals surface area contributed by atoms with Crippen LogP contribution in [-0.2, 0) is 24.0 Å². The normalized spacial score (nSPS) is 15.2. The van der Waals surface area contributed by atoms with Gasteiger partial charge in [-0.05, 0) is 19.3 Å². The zero-order chi connectivity index (χ0) is 21.3. The number of carboxylic acids is 1. The minimum absolute atomic E-state index is 0.0360. The summed E-state index contributed by atoms with van der Waals surface area (Å²) in [6.45, 7) is 6.09. The van der Waals surface area contributed by atoms with Crippen LogP contribution < -0.4 is 21.7 Å². The molecule has 27 heavy (non-hydrogen) atoms. The fraction of sp³-hybridized carbons (Fsp3) is 0.688. The van der Waals surface area contributed by atoms with Crippen molar-refractivity contribution in [1.82, 2.24) is 16.0 Å². The van der Waals surface area contributed by atoms with Crippen molar-refractivity contribution in [2.24, 2.45) is 11.7 Å². The van der Waals surface area contributed by atoms with Gasteiger partial charge in [-0.1, -0.05) is 13.8 Å². The first-order chi connectivity index (χ1) is 12.3. The van der Waals surface area contributed by atoms with Gasteiger partial charge in [0.2, 0.25) is 23.6 Å². The van der Waals surface area contributed by atoms with Crippen LogP contribution >= 0.6 is 0 Å². The molecule has 0 aliphatic rings. The Kier molecular flexibility index (Phi) is 10.0. The van der Waals surface area contributed by atoms with Gasteiger partial charge in [0.25, 0.3) is 0 Å². The number of nitrogens with two attached hydrogens (primary N) is 1. The van der Waals surface area contributed by atoms with Crippen molar-refractivity contribution < 1.29 is 34.2 Å². The zero-order valence-corrected chi connectivity index (χ0v) is 15.8. The van der Waals surface area contributed by atoms with Crippen molar-refractivity contribution >= 4 is 29.6 Å². The lowest BCUT2D eigenvalue weighted by Crippen LogP contribution is -2.58. The monoisotopic (exact) mass is 388 g/mol. The summed E-state index contributed by atoms with van der Waals surface area (Å²) >= 11 is 0. The average molecular weight is 388 g/mol. The molecular formula is C16H28N4O7. The summed E-state index contributed by atoms with van der Waals surface area (Å²) in [6.07, 6.45) is -1.82. The Bertz CT molecular complexity index is 577. The van der Waals surface area contributed by atoms with Crippen LogP contribution in [0.3, 0.4) is 0 Å². The number of nitrogens with one attached hydrogen (secondary N) is 3. The van der Waals surface area contributed by atoms with Crippen molar-refractivity contribution in [3.05, 3.63) is 0 Å². The van der Waals surface area contributed by atoms with Crippen molar-refractivity contribution in [3.63, 3.8) is 0 Å². The van der Waals surface area contributed by atoms with E-state index >= 15 is 0 Å². The second-order valence-corrected chi connectivity index (χ2v) is 6.67. The summed E-state index contributed by atoms with van der Waals surface area (Å²) < 4.78 is 0. The van der Waals surface area contributed by atoms with Gasteiger partial charge in [-0.15, -0.1) is 0 Å². The van der Waals surface area contributed by atoms with E-state index in [4.69, 9.17) is 10.8 Å². The molecule has 0 fully saturated rings. The first kappa shape index (κ1) is 24.3. The third-order valence-electron chi connectivity index (χ3n) is 3.50. The van der Waals surface area contributed by atoms with Gasteiger partial charge in [0.1, 0.15) is 18.1 Å². The summed E-state index contributed by atoms with van der Waals surface area (Å²) in [4.78, 5) is 58.3. The molecule has 0 aromatic carbocycles. The van der Waals surface area contributed by atoms with Gasteiger partial charge in [-0.2, -0.15) is 0 Å². The predicted octanol–water partition coefficient (Wildman–Crippen LogP) is -2.15. The van der Waals surface area contributed by atoms with Crippen molar-refractivity contribution in [1.29, 1.82) is 0 Å². The number of carbonyl (C=O) groups is 5. The molecule has 4 atom stereocenters. The quantitative estimate of drug-likeness (QED) is 0.232. The number of carbonyl (C=O) groups excluding carboxylic acids is 4. The van der Waals surface area contributed by atoms with Gasteiger partial charge >= 0.3 is 5.97 Å². The second-order valence-electron chi connectivity index (χ2n) is 6.67.